The molecule has 0 unspecified atom stereocenters. The van der Waals surface area contributed by atoms with Gasteiger partial charge in [0.05, 0.1) is 6.42 Å². The number of Topliss-reactive ketones (excluding diaryl/α,β-unsaturated/α-hetero) is 1. The molecule has 2 nitrogen and oxygen atoms in total. The second kappa shape index (κ2) is 5.35. The number of halogens is 2. The lowest BCUT2D eigenvalue weighted by Gasteiger charge is -2.03. The molecule has 0 bridgehead atoms. The number of carbonyl (C=O) groups excluding carboxylic acids is 1. The molecule has 0 aliphatic carbocycles. The van der Waals surface area contributed by atoms with E-state index in [9.17, 15) is 9.18 Å². The lowest BCUT2D eigenvalue weighted by Crippen LogP contribution is -2.07. The highest BCUT2D eigenvalue weighted by atomic mass is 127. The fraction of sp³-hybridized carbons (Fsp3) is 0.0769. The van der Waals surface area contributed by atoms with E-state index in [0.29, 0.717) is 9.13 Å². The van der Waals surface area contributed by atoms with Crippen molar-refractivity contribution in [2.75, 3.05) is 0 Å². The zero-order chi connectivity index (χ0) is 12.3. The maximum atomic E-state index is 12.9. The van der Waals surface area contributed by atoms with Crippen LogP contribution in [0.15, 0.2) is 42.6 Å². The van der Waals surface area contributed by atoms with Gasteiger partial charge >= 0.3 is 0 Å². The summed E-state index contributed by atoms with van der Waals surface area (Å²) >= 11 is 1.96. The molecule has 0 N–H and O–H groups in total. The lowest BCUT2D eigenvalue weighted by molar-refractivity contribution is 0.0991. The first-order valence-corrected chi connectivity index (χ1v) is 6.13. The lowest BCUT2D eigenvalue weighted by atomic mass is 10.1. The summed E-state index contributed by atoms with van der Waals surface area (Å²) in [6, 6.07) is 9.61. The van der Waals surface area contributed by atoms with Crippen LogP contribution in [0, 0.1) is 9.39 Å². The molecule has 0 atom stereocenters. The van der Waals surface area contributed by atoms with Gasteiger partial charge in [0.25, 0.3) is 0 Å². The van der Waals surface area contributed by atoms with E-state index in [4.69, 9.17) is 0 Å². The van der Waals surface area contributed by atoms with Gasteiger partial charge in [-0.05, 0) is 52.9 Å². The summed E-state index contributed by atoms with van der Waals surface area (Å²) in [5.74, 6) is -0.378. The van der Waals surface area contributed by atoms with Crippen LogP contribution in [0.25, 0.3) is 0 Å². The molecule has 4 heteroatoms. The van der Waals surface area contributed by atoms with Gasteiger partial charge in [0.2, 0.25) is 0 Å². The molecule has 86 valence electrons. The van der Waals surface area contributed by atoms with Crippen LogP contribution in [-0.4, -0.2) is 10.8 Å². The van der Waals surface area contributed by atoms with Gasteiger partial charge in [-0.2, -0.15) is 0 Å². The topological polar surface area (TPSA) is 30.0 Å². The van der Waals surface area contributed by atoms with Gasteiger partial charge in [0.1, 0.15) is 5.82 Å². The number of aromatic nitrogens is 1. The van der Waals surface area contributed by atoms with E-state index in [1.165, 1.54) is 18.2 Å². The molecule has 0 saturated carbocycles. The molecule has 1 aromatic carbocycles. The maximum absolute atomic E-state index is 12.9. The Labute approximate surface area is 112 Å². The molecule has 0 amide bonds. The molecule has 0 radical (unpaired) electrons. The Morgan fingerprint density at radius 1 is 1.29 bits per heavy atom. The molecular weight excluding hydrogens is 332 g/mol. The summed E-state index contributed by atoms with van der Waals surface area (Å²) in [5.41, 5.74) is 1.26. The molecule has 0 aliphatic rings. The fourth-order valence-electron chi connectivity index (χ4n) is 1.48. The van der Waals surface area contributed by atoms with Gasteiger partial charge in [-0.1, -0.05) is 6.07 Å². The molecule has 0 spiro atoms. The Morgan fingerprint density at radius 3 is 2.76 bits per heavy atom. The van der Waals surface area contributed by atoms with Gasteiger partial charge in [-0.25, -0.2) is 4.39 Å². The van der Waals surface area contributed by atoms with Crippen LogP contribution in [0.3, 0.4) is 0 Å². The number of nitrogens with zero attached hydrogens (tertiary/aromatic N) is 1. The van der Waals surface area contributed by atoms with Crippen LogP contribution in [-0.2, 0) is 6.42 Å². The summed E-state index contributed by atoms with van der Waals surface area (Å²) in [6.45, 7) is 0. The minimum absolute atomic E-state index is 0.0481. The summed E-state index contributed by atoms with van der Waals surface area (Å²) in [7, 11) is 0. The second-order valence-electron chi connectivity index (χ2n) is 3.55. The number of benzene rings is 1. The molecule has 0 saturated heterocycles. The molecule has 2 rings (SSSR count). The second-order valence-corrected chi connectivity index (χ2v) is 4.71. The fourth-order valence-corrected chi connectivity index (χ4v) is 2.26. The van der Waals surface area contributed by atoms with Crippen molar-refractivity contribution in [2.24, 2.45) is 0 Å². The number of pyridine rings is 1. The van der Waals surface area contributed by atoms with E-state index in [1.807, 2.05) is 28.7 Å². The molecule has 17 heavy (non-hydrogen) atoms. The number of hydrogen-bond acceptors (Lipinski definition) is 2. The SMILES string of the molecule is O=C(Cc1ccccn1)c1ccc(F)cc1I. The summed E-state index contributed by atoms with van der Waals surface area (Å²) in [4.78, 5) is 16.1. The van der Waals surface area contributed by atoms with E-state index in [1.54, 1.807) is 18.3 Å². The molecule has 0 fully saturated rings. The molecule has 0 aliphatic heterocycles. The summed E-state index contributed by atoms with van der Waals surface area (Å²) < 4.78 is 13.5. The maximum Gasteiger partial charge on any atom is 0.169 e. The van der Waals surface area contributed by atoms with E-state index in [0.717, 1.165) is 5.69 Å². The number of hydrogen-bond donors (Lipinski definition) is 0. The van der Waals surface area contributed by atoms with E-state index < -0.39 is 0 Å². The van der Waals surface area contributed by atoms with Gasteiger partial charge in [-0.3, -0.25) is 9.78 Å². The summed E-state index contributed by atoms with van der Waals surface area (Å²) in [5, 5.41) is 0. The van der Waals surface area contributed by atoms with Crippen molar-refractivity contribution < 1.29 is 9.18 Å². The third-order valence-corrected chi connectivity index (χ3v) is 3.19. The zero-order valence-corrected chi connectivity index (χ0v) is 11.0. The first-order chi connectivity index (χ1) is 8.16. The minimum atomic E-state index is -0.330. The van der Waals surface area contributed by atoms with E-state index in [2.05, 4.69) is 4.98 Å². The quantitative estimate of drug-likeness (QED) is 0.634. The smallest absolute Gasteiger partial charge is 0.169 e. The third kappa shape index (κ3) is 3.09. The largest absolute Gasteiger partial charge is 0.294 e. The molecule has 1 aromatic heterocycles. The first-order valence-electron chi connectivity index (χ1n) is 5.05. The van der Waals surface area contributed by atoms with Crippen LogP contribution in [0.2, 0.25) is 0 Å². The molecular formula is C13H9FINO. The summed E-state index contributed by atoms with van der Waals surface area (Å²) in [6.07, 6.45) is 1.89. The molecule has 2 aromatic rings. The van der Waals surface area contributed by atoms with Crippen LogP contribution in [0.1, 0.15) is 16.1 Å². The van der Waals surface area contributed by atoms with Crippen LogP contribution >= 0.6 is 22.6 Å². The van der Waals surface area contributed by atoms with Crippen LogP contribution in [0.5, 0.6) is 0 Å². The number of ketones is 1. The Balaban J connectivity index is 2.21. The van der Waals surface area contributed by atoms with Gasteiger partial charge in [0, 0.05) is 21.0 Å². The highest BCUT2D eigenvalue weighted by molar-refractivity contribution is 14.1. The van der Waals surface area contributed by atoms with Crippen molar-refractivity contribution in [3.8, 4) is 0 Å². The van der Waals surface area contributed by atoms with Crippen LogP contribution in [0.4, 0.5) is 4.39 Å². The van der Waals surface area contributed by atoms with E-state index in [-0.39, 0.29) is 18.0 Å². The Hall–Kier alpha value is -1.30. The van der Waals surface area contributed by atoms with Gasteiger partial charge in [0.15, 0.2) is 5.78 Å². The number of carbonyl (C=O) groups is 1. The normalized spacial score (nSPS) is 10.2. The van der Waals surface area contributed by atoms with Crippen molar-refractivity contribution in [1.29, 1.82) is 0 Å². The number of rotatable bonds is 3. The Bertz CT molecular complexity index is 542. The van der Waals surface area contributed by atoms with Crippen molar-refractivity contribution in [3.05, 3.63) is 63.2 Å². The minimum Gasteiger partial charge on any atom is -0.294 e. The predicted octanol–water partition coefficient (Wildman–Crippen LogP) is 3.25. The van der Waals surface area contributed by atoms with Crippen LogP contribution < -0.4 is 0 Å². The third-order valence-electron chi connectivity index (χ3n) is 2.30. The first kappa shape index (κ1) is 12.2. The van der Waals surface area contributed by atoms with Crippen molar-refractivity contribution in [2.45, 2.75) is 6.42 Å². The van der Waals surface area contributed by atoms with E-state index >= 15 is 0 Å². The highest BCUT2D eigenvalue weighted by Crippen LogP contribution is 2.16. The molecule has 1 heterocycles. The zero-order valence-electron chi connectivity index (χ0n) is 8.86. The van der Waals surface area contributed by atoms with Crippen molar-refractivity contribution in [1.82, 2.24) is 4.98 Å². The average Bonchev–Trinajstić information content (AvgIpc) is 2.30. The van der Waals surface area contributed by atoms with Gasteiger partial charge in [-0.15, -0.1) is 0 Å². The Kier molecular flexibility index (Phi) is 3.83. The Morgan fingerprint density at radius 2 is 2.12 bits per heavy atom. The van der Waals surface area contributed by atoms with Gasteiger partial charge < -0.3 is 0 Å². The van der Waals surface area contributed by atoms with Crippen molar-refractivity contribution >= 4 is 28.4 Å². The highest BCUT2D eigenvalue weighted by Gasteiger charge is 2.11. The monoisotopic (exact) mass is 341 g/mol. The predicted molar refractivity (Wildman–Crippen MR) is 71.4 cm³/mol. The average molecular weight is 341 g/mol. The van der Waals surface area contributed by atoms with Crippen molar-refractivity contribution in [3.63, 3.8) is 0 Å². The standard InChI is InChI=1S/C13H9FINO/c14-9-4-5-11(12(15)7-9)13(17)8-10-3-1-2-6-16-10/h1-7H,8H2.